The molecule has 4 rings (SSSR count). The highest BCUT2D eigenvalue weighted by atomic mass is 35.5. The third kappa shape index (κ3) is 3.42. The summed E-state index contributed by atoms with van der Waals surface area (Å²) in [6.07, 6.45) is 0. The van der Waals surface area contributed by atoms with Crippen molar-refractivity contribution in [2.75, 3.05) is 5.32 Å². The molecule has 0 saturated heterocycles. The van der Waals surface area contributed by atoms with Gasteiger partial charge in [0.25, 0.3) is 5.91 Å². The number of carbonyl (C=O) groups is 1. The van der Waals surface area contributed by atoms with E-state index in [9.17, 15) is 13.6 Å². The fourth-order valence-electron chi connectivity index (χ4n) is 3.04. The maximum absolute atomic E-state index is 13.3. The van der Waals surface area contributed by atoms with Gasteiger partial charge in [0.2, 0.25) is 0 Å². The molecule has 0 bridgehead atoms. The van der Waals surface area contributed by atoms with Crippen molar-refractivity contribution in [2.24, 2.45) is 0 Å². The zero-order valence-corrected chi connectivity index (χ0v) is 16.1. The molecule has 0 radical (unpaired) electrons. The summed E-state index contributed by atoms with van der Waals surface area (Å²) in [6.45, 7) is 3.49. The highest BCUT2D eigenvalue weighted by Gasteiger charge is 2.20. The molecule has 0 spiro atoms. The van der Waals surface area contributed by atoms with Crippen LogP contribution in [-0.4, -0.2) is 25.7 Å². The number of fused-ring (bicyclic) bond motifs is 1. The minimum Gasteiger partial charge on any atom is -0.320 e. The number of carbonyl (C=O) groups excluding carboxylic acids is 1. The van der Waals surface area contributed by atoms with Gasteiger partial charge in [0, 0.05) is 5.69 Å². The van der Waals surface area contributed by atoms with Gasteiger partial charge < -0.3 is 5.32 Å². The number of rotatable bonds is 3. The van der Waals surface area contributed by atoms with E-state index in [4.69, 9.17) is 11.6 Å². The molecule has 0 aliphatic rings. The molecule has 1 N–H and O–H groups in total. The van der Waals surface area contributed by atoms with Crippen molar-refractivity contribution >= 4 is 28.8 Å². The van der Waals surface area contributed by atoms with Crippen molar-refractivity contribution in [3.05, 3.63) is 76.2 Å². The van der Waals surface area contributed by atoms with Gasteiger partial charge in [-0.2, -0.15) is 5.10 Å². The lowest BCUT2D eigenvalue weighted by Crippen LogP contribution is -2.18. The second-order valence-electron chi connectivity index (χ2n) is 6.42. The second kappa shape index (κ2) is 7.21. The first kappa shape index (κ1) is 18.9. The number of benzene rings is 2. The molecular formula is C20H14ClF2N5O. The standard InChI is InChI=1S/C20H14ClF2N5O/c1-10-17(12-3-5-13(22)6-4-12)19-26-25-18(11(2)28(19)27-10)20(29)24-14-7-8-16(23)15(21)9-14/h3-9H,1-2H3,(H,24,29). The molecule has 29 heavy (non-hydrogen) atoms. The number of nitrogens with zero attached hydrogens (tertiary/aromatic N) is 4. The topological polar surface area (TPSA) is 72.2 Å². The van der Waals surface area contributed by atoms with Gasteiger partial charge >= 0.3 is 0 Å². The van der Waals surface area contributed by atoms with E-state index in [2.05, 4.69) is 20.6 Å². The molecule has 0 unspecified atom stereocenters. The Balaban J connectivity index is 1.73. The van der Waals surface area contributed by atoms with Crippen molar-refractivity contribution in [3.63, 3.8) is 0 Å². The van der Waals surface area contributed by atoms with Crippen molar-refractivity contribution in [1.82, 2.24) is 19.8 Å². The van der Waals surface area contributed by atoms with Crippen LogP contribution in [-0.2, 0) is 0 Å². The number of nitrogens with one attached hydrogen (secondary N) is 1. The lowest BCUT2D eigenvalue weighted by Gasteiger charge is -2.08. The normalized spacial score (nSPS) is 11.1. The van der Waals surface area contributed by atoms with E-state index >= 15 is 0 Å². The van der Waals surface area contributed by atoms with Gasteiger partial charge in [-0.15, -0.1) is 10.2 Å². The summed E-state index contributed by atoms with van der Waals surface area (Å²) in [5.41, 5.74) is 3.42. The minimum absolute atomic E-state index is 0.0612. The summed E-state index contributed by atoms with van der Waals surface area (Å²) in [5, 5.41) is 15.2. The number of halogens is 3. The lowest BCUT2D eigenvalue weighted by atomic mass is 10.1. The number of hydrogen-bond donors (Lipinski definition) is 1. The highest BCUT2D eigenvalue weighted by Crippen LogP contribution is 2.28. The van der Waals surface area contributed by atoms with Crippen molar-refractivity contribution in [1.29, 1.82) is 0 Å². The van der Waals surface area contributed by atoms with Gasteiger partial charge in [-0.05, 0) is 49.7 Å². The Kier molecular flexibility index (Phi) is 4.71. The zero-order chi connectivity index (χ0) is 20.7. The van der Waals surface area contributed by atoms with Crippen LogP contribution in [0.2, 0.25) is 5.02 Å². The maximum atomic E-state index is 13.3. The number of anilines is 1. The monoisotopic (exact) mass is 413 g/mol. The molecule has 2 aromatic heterocycles. The Labute approximate surface area is 169 Å². The molecule has 0 saturated carbocycles. The average molecular weight is 414 g/mol. The van der Waals surface area contributed by atoms with Gasteiger partial charge in [0.15, 0.2) is 11.3 Å². The van der Waals surface area contributed by atoms with Gasteiger partial charge in [0.05, 0.1) is 22.0 Å². The van der Waals surface area contributed by atoms with Crippen molar-refractivity contribution in [2.45, 2.75) is 13.8 Å². The average Bonchev–Trinajstić information content (AvgIpc) is 3.02. The molecular weight excluding hydrogens is 400 g/mol. The van der Waals surface area contributed by atoms with Crippen LogP contribution in [0.25, 0.3) is 16.8 Å². The summed E-state index contributed by atoms with van der Waals surface area (Å²) < 4.78 is 28.1. The molecule has 0 aliphatic carbocycles. The van der Waals surface area contributed by atoms with Crippen LogP contribution in [0.4, 0.5) is 14.5 Å². The SMILES string of the molecule is Cc1nn2c(C)c(C(=O)Nc3ccc(F)c(Cl)c3)nnc2c1-c1ccc(F)cc1. The van der Waals surface area contributed by atoms with E-state index < -0.39 is 11.7 Å². The first-order valence-electron chi connectivity index (χ1n) is 8.60. The third-order valence-electron chi connectivity index (χ3n) is 4.47. The largest absolute Gasteiger partial charge is 0.320 e. The third-order valence-corrected chi connectivity index (χ3v) is 4.76. The first-order valence-corrected chi connectivity index (χ1v) is 8.98. The van der Waals surface area contributed by atoms with Crippen LogP contribution in [0.5, 0.6) is 0 Å². The molecule has 9 heteroatoms. The number of hydrogen-bond acceptors (Lipinski definition) is 4. The van der Waals surface area contributed by atoms with Crippen LogP contribution in [0, 0.1) is 25.5 Å². The number of aryl methyl sites for hydroxylation is 2. The molecule has 146 valence electrons. The molecule has 0 atom stereocenters. The molecule has 0 aliphatic heterocycles. The smallest absolute Gasteiger partial charge is 0.278 e. The fourth-order valence-corrected chi connectivity index (χ4v) is 3.22. The van der Waals surface area contributed by atoms with E-state index in [-0.39, 0.29) is 16.5 Å². The van der Waals surface area contributed by atoms with E-state index in [1.54, 1.807) is 26.0 Å². The fraction of sp³-hybridized carbons (Fsp3) is 0.100. The Bertz CT molecular complexity index is 1250. The van der Waals surface area contributed by atoms with Crippen molar-refractivity contribution < 1.29 is 13.6 Å². The molecule has 0 fully saturated rings. The molecule has 4 aromatic rings. The molecule has 6 nitrogen and oxygen atoms in total. The first-order chi connectivity index (χ1) is 13.8. The maximum Gasteiger partial charge on any atom is 0.278 e. The Morgan fingerprint density at radius 1 is 1.07 bits per heavy atom. The van der Waals surface area contributed by atoms with Gasteiger partial charge in [-0.3, -0.25) is 4.79 Å². The summed E-state index contributed by atoms with van der Waals surface area (Å²) in [7, 11) is 0. The Morgan fingerprint density at radius 2 is 1.79 bits per heavy atom. The Hall–Kier alpha value is -3.39. The molecule has 1 amide bonds. The van der Waals surface area contributed by atoms with Crippen LogP contribution in [0.1, 0.15) is 21.9 Å². The van der Waals surface area contributed by atoms with E-state index in [1.165, 1.54) is 28.8 Å². The number of amides is 1. The van der Waals surface area contributed by atoms with Crippen LogP contribution < -0.4 is 5.32 Å². The highest BCUT2D eigenvalue weighted by molar-refractivity contribution is 6.31. The number of aromatic nitrogens is 4. The van der Waals surface area contributed by atoms with Crippen LogP contribution >= 0.6 is 11.6 Å². The Morgan fingerprint density at radius 3 is 2.48 bits per heavy atom. The predicted octanol–water partition coefficient (Wildman–Crippen LogP) is 4.59. The quantitative estimate of drug-likeness (QED) is 0.533. The molecule has 2 heterocycles. The second-order valence-corrected chi connectivity index (χ2v) is 6.83. The summed E-state index contributed by atoms with van der Waals surface area (Å²) in [4.78, 5) is 12.6. The lowest BCUT2D eigenvalue weighted by molar-refractivity contribution is 0.102. The van der Waals surface area contributed by atoms with Gasteiger partial charge in [-0.25, -0.2) is 13.3 Å². The van der Waals surface area contributed by atoms with E-state index in [0.717, 1.165) is 11.6 Å². The van der Waals surface area contributed by atoms with E-state index in [1.807, 2.05) is 0 Å². The summed E-state index contributed by atoms with van der Waals surface area (Å²) in [6, 6.07) is 9.84. The van der Waals surface area contributed by atoms with Crippen molar-refractivity contribution in [3.8, 4) is 11.1 Å². The van der Waals surface area contributed by atoms with Gasteiger partial charge in [-0.1, -0.05) is 23.7 Å². The van der Waals surface area contributed by atoms with Crippen LogP contribution in [0.15, 0.2) is 42.5 Å². The van der Waals surface area contributed by atoms with E-state index in [0.29, 0.717) is 28.3 Å². The molecule has 2 aromatic carbocycles. The predicted molar refractivity (Wildman–Crippen MR) is 105 cm³/mol. The summed E-state index contributed by atoms with van der Waals surface area (Å²) in [5.74, 6) is -1.46. The zero-order valence-electron chi connectivity index (χ0n) is 15.4. The van der Waals surface area contributed by atoms with Crippen LogP contribution in [0.3, 0.4) is 0 Å². The van der Waals surface area contributed by atoms with Gasteiger partial charge in [0.1, 0.15) is 11.6 Å². The summed E-state index contributed by atoms with van der Waals surface area (Å²) >= 11 is 5.75. The minimum atomic E-state index is -0.581.